The average molecular weight is 540 g/mol. The van der Waals surface area contributed by atoms with Gasteiger partial charge in [-0.15, -0.1) is 0 Å². The number of nitrogens with one attached hydrogen (secondary N) is 2. The van der Waals surface area contributed by atoms with Crippen LogP contribution in [0.5, 0.6) is 5.88 Å². The fourth-order valence-corrected chi connectivity index (χ4v) is 4.04. The van der Waals surface area contributed by atoms with Crippen molar-refractivity contribution >= 4 is 28.6 Å². The van der Waals surface area contributed by atoms with Crippen LogP contribution in [0.25, 0.3) is 10.8 Å². The van der Waals surface area contributed by atoms with Crippen LogP contribution < -0.4 is 15.4 Å². The van der Waals surface area contributed by atoms with Crippen molar-refractivity contribution in [2.24, 2.45) is 0 Å². The summed E-state index contributed by atoms with van der Waals surface area (Å²) in [7, 11) is 1.38. The number of aromatic nitrogens is 1. The Morgan fingerprint density at radius 3 is 2.55 bits per heavy atom. The molecule has 0 fully saturated rings. The van der Waals surface area contributed by atoms with E-state index in [0.29, 0.717) is 5.56 Å². The van der Waals surface area contributed by atoms with E-state index in [1.807, 2.05) is 0 Å². The minimum atomic E-state index is -3.09. The Morgan fingerprint density at radius 1 is 1.16 bits per heavy atom. The lowest BCUT2D eigenvalue weighted by molar-refractivity contribution is 0.0524. The average Bonchev–Trinajstić information content (AvgIpc) is 2.87. The van der Waals surface area contributed by atoms with Crippen LogP contribution in [0.3, 0.4) is 0 Å². The molecule has 2 aromatic carbocycles. The molecule has 1 aromatic heterocycles. The van der Waals surface area contributed by atoms with E-state index in [4.69, 9.17) is 14.6 Å². The highest BCUT2D eigenvalue weighted by Gasteiger charge is 2.32. The van der Waals surface area contributed by atoms with Crippen LogP contribution in [-0.2, 0) is 11.3 Å². The zero-order valence-electron chi connectivity index (χ0n) is 19.7. The van der Waals surface area contributed by atoms with Crippen molar-refractivity contribution in [1.29, 1.82) is 0 Å². The van der Waals surface area contributed by atoms with E-state index in [9.17, 15) is 31.5 Å². The maximum absolute atomic E-state index is 14.3. The largest absolute Gasteiger partial charge is 0.475 e. The Labute approximate surface area is 212 Å². The molecular weight excluding hydrogens is 519 g/mol. The lowest BCUT2D eigenvalue weighted by Crippen LogP contribution is -2.39. The molecule has 2 heterocycles. The normalized spacial score (nSPS) is 14.8. The predicted molar refractivity (Wildman–Crippen MR) is 124 cm³/mol. The molecule has 4 rings (SSSR count). The summed E-state index contributed by atoms with van der Waals surface area (Å²) in [6.45, 7) is -0.355. The molecule has 202 valence electrons. The van der Waals surface area contributed by atoms with E-state index < -0.39 is 47.6 Å². The van der Waals surface area contributed by atoms with Crippen molar-refractivity contribution in [2.75, 3.05) is 32.1 Å². The Morgan fingerprint density at radius 2 is 1.87 bits per heavy atom. The van der Waals surface area contributed by atoms with Crippen LogP contribution in [-0.4, -0.2) is 53.9 Å². The van der Waals surface area contributed by atoms with Gasteiger partial charge in [-0.2, -0.15) is 0 Å². The van der Waals surface area contributed by atoms with Crippen molar-refractivity contribution in [2.45, 2.75) is 19.1 Å². The Kier molecular flexibility index (Phi) is 7.80. The first-order valence-corrected chi connectivity index (χ1v) is 11.2. The number of pyridine rings is 1. The number of anilines is 1. The van der Waals surface area contributed by atoms with Crippen LogP contribution in [0.2, 0.25) is 0 Å². The number of fused-ring (bicyclic) bond motifs is 3. The van der Waals surface area contributed by atoms with Gasteiger partial charge in [0.05, 0.1) is 37.1 Å². The molecule has 0 saturated heterocycles. The molecule has 0 radical (unpaired) electrons. The van der Waals surface area contributed by atoms with Crippen molar-refractivity contribution in [3.8, 4) is 5.88 Å². The van der Waals surface area contributed by atoms with Crippen LogP contribution in [0.1, 0.15) is 29.3 Å². The highest BCUT2D eigenvalue weighted by molar-refractivity contribution is 5.93. The number of urea groups is 1. The summed E-state index contributed by atoms with van der Waals surface area (Å²) < 4.78 is 79.3. The van der Waals surface area contributed by atoms with Crippen LogP contribution >= 0.6 is 0 Å². The topological polar surface area (TPSA) is 113 Å². The Bertz CT molecular complexity index is 1390. The summed E-state index contributed by atoms with van der Waals surface area (Å²) in [5.41, 5.74) is -0.338. The summed E-state index contributed by atoms with van der Waals surface area (Å²) in [5, 5.41) is 13.5. The van der Waals surface area contributed by atoms with Gasteiger partial charge >= 0.3 is 12.1 Å². The molecule has 3 aromatic rings. The number of likely N-dealkylation sites (N-methyl/N-ethyl adjacent to an activating group) is 1. The minimum Gasteiger partial charge on any atom is -0.475 e. The predicted octanol–water partition coefficient (Wildman–Crippen LogP) is 4.97. The van der Waals surface area contributed by atoms with E-state index in [0.717, 1.165) is 30.3 Å². The molecule has 1 unspecified atom stereocenters. The van der Waals surface area contributed by atoms with Gasteiger partial charge in [0.15, 0.2) is 11.6 Å². The molecular formula is C24H21F5N4O5. The molecule has 0 spiro atoms. The monoisotopic (exact) mass is 540 g/mol. The van der Waals surface area contributed by atoms with Crippen molar-refractivity contribution in [1.82, 2.24) is 15.2 Å². The number of ether oxygens (including phenoxy) is 2. The molecule has 14 heteroatoms. The molecule has 9 nitrogen and oxygen atoms in total. The first-order chi connectivity index (χ1) is 18.1. The third kappa shape index (κ3) is 5.54. The van der Waals surface area contributed by atoms with Crippen LogP contribution in [0.4, 0.5) is 37.2 Å². The van der Waals surface area contributed by atoms with Gasteiger partial charge in [0.2, 0.25) is 5.88 Å². The van der Waals surface area contributed by atoms with Gasteiger partial charge in [-0.1, -0.05) is 0 Å². The number of hydrogen-bond donors (Lipinski definition) is 3. The molecule has 1 aliphatic rings. The van der Waals surface area contributed by atoms with Gasteiger partial charge in [0.1, 0.15) is 12.4 Å². The van der Waals surface area contributed by atoms with Gasteiger partial charge in [-0.05, 0) is 35.7 Å². The minimum absolute atomic E-state index is 0.0460. The maximum atomic E-state index is 14.3. The van der Waals surface area contributed by atoms with E-state index >= 15 is 0 Å². The molecule has 0 bridgehead atoms. The number of benzene rings is 2. The summed E-state index contributed by atoms with van der Waals surface area (Å²) >= 11 is 0. The van der Waals surface area contributed by atoms with Gasteiger partial charge < -0.3 is 30.1 Å². The maximum Gasteiger partial charge on any atom is 0.404 e. The SMILES string of the molecule is CN(C(=O)Nc1ccc(F)c(C(F)F)c1)C1COCc2nc(OCCNC(=O)O)c3cc(F)c(F)cc3c21. The number of hydrogen-bond acceptors (Lipinski definition) is 5. The van der Waals surface area contributed by atoms with Gasteiger partial charge in [-0.25, -0.2) is 36.5 Å². The van der Waals surface area contributed by atoms with E-state index in [1.54, 1.807) is 0 Å². The van der Waals surface area contributed by atoms with Gasteiger partial charge in [0.25, 0.3) is 6.43 Å². The number of carbonyl (C=O) groups is 2. The highest BCUT2D eigenvalue weighted by Crippen LogP contribution is 2.39. The number of carbonyl (C=O) groups excluding carboxylic acids is 1. The third-order valence-corrected chi connectivity index (χ3v) is 5.86. The molecule has 3 N–H and O–H groups in total. The number of carboxylic acid groups (broad SMARTS) is 1. The summed E-state index contributed by atoms with van der Waals surface area (Å²) in [4.78, 5) is 29.2. The molecule has 0 saturated carbocycles. The number of halogens is 5. The smallest absolute Gasteiger partial charge is 0.404 e. The van der Waals surface area contributed by atoms with Crippen LogP contribution in [0.15, 0.2) is 30.3 Å². The second-order valence-electron chi connectivity index (χ2n) is 8.28. The summed E-state index contributed by atoms with van der Waals surface area (Å²) in [6.07, 6.45) is -4.36. The van der Waals surface area contributed by atoms with E-state index in [1.165, 1.54) is 11.9 Å². The lowest BCUT2D eigenvalue weighted by atomic mass is 9.95. The zero-order valence-corrected chi connectivity index (χ0v) is 19.7. The standard InChI is InChI=1S/C24H21F5N4O5/c1-33(23(34)31-11-2-3-15(25)14(6-11)21(28)29)19-10-37-9-18-20(19)12-7-16(26)17(27)8-13(12)22(32-18)38-5-4-30-24(35)36/h2-3,6-8,19,21,30H,4-5,9-10H2,1H3,(H,31,34)(H,35,36). The van der Waals surface area contributed by atoms with Crippen molar-refractivity contribution in [3.05, 3.63) is 64.6 Å². The summed E-state index contributed by atoms with van der Waals surface area (Å²) in [5.74, 6) is -3.54. The fraction of sp³-hybridized carbons (Fsp3) is 0.292. The second-order valence-corrected chi connectivity index (χ2v) is 8.28. The lowest BCUT2D eigenvalue weighted by Gasteiger charge is -2.34. The Balaban J connectivity index is 1.67. The number of amides is 3. The fourth-order valence-electron chi connectivity index (χ4n) is 4.04. The third-order valence-electron chi connectivity index (χ3n) is 5.86. The zero-order chi connectivity index (χ0) is 27.6. The molecule has 3 amide bonds. The number of alkyl halides is 2. The van der Waals surface area contributed by atoms with Crippen molar-refractivity contribution < 1.29 is 46.1 Å². The first kappa shape index (κ1) is 26.9. The second kappa shape index (κ2) is 11.0. The quantitative estimate of drug-likeness (QED) is 0.288. The summed E-state index contributed by atoms with van der Waals surface area (Å²) in [6, 6.07) is 2.93. The molecule has 1 atom stereocenters. The molecule has 0 aliphatic carbocycles. The van der Waals surface area contributed by atoms with Gasteiger partial charge in [-0.3, -0.25) is 0 Å². The number of rotatable bonds is 7. The van der Waals surface area contributed by atoms with Gasteiger partial charge in [0, 0.05) is 23.7 Å². The van der Waals surface area contributed by atoms with E-state index in [-0.39, 0.29) is 54.4 Å². The first-order valence-electron chi connectivity index (χ1n) is 11.2. The van der Waals surface area contributed by atoms with Crippen molar-refractivity contribution in [3.63, 3.8) is 0 Å². The highest BCUT2D eigenvalue weighted by atomic mass is 19.3. The molecule has 1 aliphatic heterocycles. The Hall–Kier alpha value is -4.20. The molecule has 38 heavy (non-hydrogen) atoms. The number of nitrogens with zero attached hydrogens (tertiary/aromatic N) is 2. The van der Waals surface area contributed by atoms with E-state index in [2.05, 4.69) is 15.6 Å². The van der Waals surface area contributed by atoms with Crippen LogP contribution in [0, 0.1) is 17.5 Å².